The van der Waals surface area contributed by atoms with Crippen LogP contribution in [0.25, 0.3) is 0 Å². The second kappa shape index (κ2) is 8.16. The average Bonchev–Trinajstić information content (AvgIpc) is 2.49. The first-order valence-electron chi connectivity index (χ1n) is 6.99. The minimum atomic E-state index is -0.270. The van der Waals surface area contributed by atoms with Crippen molar-refractivity contribution in [1.82, 2.24) is 5.32 Å². The first kappa shape index (κ1) is 16.8. The Kier molecular flexibility index (Phi) is 6.22. The van der Waals surface area contributed by atoms with Crippen LogP contribution in [-0.2, 0) is 17.6 Å². The highest BCUT2D eigenvalue weighted by Gasteiger charge is 2.04. The van der Waals surface area contributed by atoms with E-state index in [1.165, 1.54) is 12.1 Å². The molecule has 116 valence electrons. The van der Waals surface area contributed by atoms with Gasteiger partial charge in [-0.15, -0.1) is 0 Å². The zero-order chi connectivity index (χ0) is 15.9. The van der Waals surface area contributed by atoms with Gasteiger partial charge < -0.3 is 5.32 Å². The fourth-order valence-corrected chi connectivity index (χ4v) is 2.56. The lowest BCUT2D eigenvalue weighted by Gasteiger charge is -2.07. The minimum absolute atomic E-state index is 0.0330. The van der Waals surface area contributed by atoms with E-state index in [0.29, 0.717) is 35.9 Å². The van der Waals surface area contributed by atoms with Crippen LogP contribution in [0.1, 0.15) is 17.5 Å². The molecule has 0 radical (unpaired) electrons. The van der Waals surface area contributed by atoms with Crippen molar-refractivity contribution in [2.24, 2.45) is 0 Å². The van der Waals surface area contributed by atoms with Crippen LogP contribution in [-0.4, -0.2) is 12.5 Å². The molecule has 1 N–H and O–H groups in total. The van der Waals surface area contributed by atoms with Crippen molar-refractivity contribution in [3.63, 3.8) is 0 Å². The van der Waals surface area contributed by atoms with Crippen LogP contribution in [0.3, 0.4) is 0 Å². The molecule has 0 fully saturated rings. The van der Waals surface area contributed by atoms with E-state index in [4.69, 9.17) is 23.2 Å². The Morgan fingerprint density at radius 3 is 2.45 bits per heavy atom. The number of rotatable bonds is 6. The van der Waals surface area contributed by atoms with Crippen LogP contribution >= 0.6 is 23.2 Å². The van der Waals surface area contributed by atoms with Crippen molar-refractivity contribution in [3.8, 4) is 0 Å². The third-order valence-electron chi connectivity index (χ3n) is 3.29. The largest absolute Gasteiger partial charge is 0.356 e. The SMILES string of the molecule is O=C(CCc1ccc(F)cc1)NCCc1ccc(Cl)cc1Cl. The highest BCUT2D eigenvalue weighted by molar-refractivity contribution is 6.35. The van der Waals surface area contributed by atoms with Gasteiger partial charge in [-0.2, -0.15) is 0 Å². The number of hydrogen-bond donors (Lipinski definition) is 1. The summed E-state index contributed by atoms with van der Waals surface area (Å²) in [5.74, 6) is -0.303. The Labute approximate surface area is 139 Å². The molecule has 0 aromatic heterocycles. The Balaban J connectivity index is 1.72. The molecule has 0 unspecified atom stereocenters. The van der Waals surface area contributed by atoms with Crippen LogP contribution in [0, 0.1) is 5.82 Å². The normalized spacial score (nSPS) is 10.5. The molecule has 0 bridgehead atoms. The lowest BCUT2D eigenvalue weighted by Crippen LogP contribution is -2.25. The molecular formula is C17H16Cl2FNO. The topological polar surface area (TPSA) is 29.1 Å². The van der Waals surface area contributed by atoms with Crippen LogP contribution in [0.2, 0.25) is 10.0 Å². The molecule has 1 amide bonds. The summed E-state index contributed by atoms with van der Waals surface area (Å²) in [6.07, 6.45) is 1.62. The first-order valence-corrected chi connectivity index (χ1v) is 7.75. The maximum atomic E-state index is 12.8. The van der Waals surface area contributed by atoms with Gasteiger partial charge in [0.05, 0.1) is 0 Å². The van der Waals surface area contributed by atoms with Gasteiger partial charge >= 0.3 is 0 Å². The van der Waals surface area contributed by atoms with Crippen molar-refractivity contribution in [3.05, 3.63) is 69.5 Å². The molecule has 2 rings (SSSR count). The lowest BCUT2D eigenvalue weighted by molar-refractivity contribution is -0.121. The van der Waals surface area contributed by atoms with E-state index in [-0.39, 0.29) is 11.7 Å². The average molecular weight is 340 g/mol. The molecule has 0 aliphatic heterocycles. The molecule has 0 saturated carbocycles. The van der Waals surface area contributed by atoms with Crippen LogP contribution in [0.5, 0.6) is 0 Å². The number of aryl methyl sites for hydroxylation is 1. The number of halogens is 3. The van der Waals surface area contributed by atoms with E-state index in [1.54, 1.807) is 24.3 Å². The predicted octanol–water partition coefficient (Wildman–Crippen LogP) is 4.42. The summed E-state index contributed by atoms with van der Waals surface area (Å²) >= 11 is 11.9. The van der Waals surface area contributed by atoms with E-state index in [2.05, 4.69) is 5.32 Å². The third-order valence-corrected chi connectivity index (χ3v) is 3.87. The fraction of sp³-hybridized carbons (Fsp3) is 0.235. The highest BCUT2D eigenvalue weighted by Crippen LogP contribution is 2.21. The van der Waals surface area contributed by atoms with Gasteiger partial charge in [0.15, 0.2) is 0 Å². The van der Waals surface area contributed by atoms with Gasteiger partial charge in [-0.25, -0.2) is 4.39 Å². The van der Waals surface area contributed by atoms with Gasteiger partial charge in [0.2, 0.25) is 5.91 Å². The summed E-state index contributed by atoms with van der Waals surface area (Å²) in [6, 6.07) is 11.5. The number of nitrogens with one attached hydrogen (secondary N) is 1. The molecule has 2 nitrogen and oxygen atoms in total. The van der Waals surface area contributed by atoms with Crippen LogP contribution < -0.4 is 5.32 Å². The quantitative estimate of drug-likeness (QED) is 0.828. The Morgan fingerprint density at radius 2 is 1.77 bits per heavy atom. The molecule has 22 heavy (non-hydrogen) atoms. The van der Waals surface area contributed by atoms with Crippen molar-refractivity contribution in [2.45, 2.75) is 19.3 Å². The number of hydrogen-bond acceptors (Lipinski definition) is 1. The van der Waals surface area contributed by atoms with Crippen LogP contribution in [0.4, 0.5) is 4.39 Å². The molecule has 5 heteroatoms. The summed E-state index contributed by atoms with van der Waals surface area (Å²) in [6.45, 7) is 0.517. The number of amides is 1. The monoisotopic (exact) mass is 339 g/mol. The number of benzene rings is 2. The van der Waals surface area contributed by atoms with Gasteiger partial charge in [0, 0.05) is 23.0 Å². The molecule has 0 aliphatic carbocycles. The van der Waals surface area contributed by atoms with Gasteiger partial charge in [-0.1, -0.05) is 41.4 Å². The molecule has 2 aromatic rings. The zero-order valence-electron chi connectivity index (χ0n) is 11.9. The fourth-order valence-electron chi connectivity index (χ4n) is 2.06. The van der Waals surface area contributed by atoms with Gasteiger partial charge in [0.25, 0.3) is 0 Å². The maximum absolute atomic E-state index is 12.8. The smallest absolute Gasteiger partial charge is 0.220 e. The van der Waals surface area contributed by atoms with Crippen molar-refractivity contribution >= 4 is 29.1 Å². The second-order valence-electron chi connectivity index (χ2n) is 4.96. The van der Waals surface area contributed by atoms with Crippen LogP contribution in [0.15, 0.2) is 42.5 Å². The number of carbonyl (C=O) groups excluding carboxylic acids is 1. The first-order chi connectivity index (χ1) is 10.5. The standard InChI is InChI=1S/C17H16Cl2FNO/c18-14-5-4-13(16(19)11-14)9-10-21-17(22)8-3-12-1-6-15(20)7-2-12/h1-2,4-7,11H,3,8-10H2,(H,21,22). The summed E-state index contributed by atoms with van der Waals surface area (Å²) in [5, 5.41) is 4.05. The Morgan fingerprint density at radius 1 is 1.05 bits per heavy atom. The summed E-state index contributed by atoms with van der Waals surface area (Å²) in [5.41, 5.74) is 1.89. The summed E-state index contributed by atoms with van der Waals surface area (Å²) < 4.78 is 12.8. The van der Waals surface area contributed by atoms with E-state index >= 15 is 0 Å². The second-order valence-corrected chi connectivity index (χ2v) is 5.81. The summed E-state index contributed by atoms with van der Waals surface area (Å²) in [7, 11) is 0. The molecule has 0 saturated heterocycles. The van der Waals surface area contributed by atoms with Crippen molar-refractivity contribution < 1.29 is 9.18 Å². The van der Waals surface area contributed by atoms with E-state index in [9.17, 15) is 9.18 Å². The Bertz CT molecular complexity index is 644. The molecule has 2 aromatic carbocycles. The van der Waals surface area contributed by atoms with E-state index in [1.807, 2.05) is 6.07 Å². The third kappa shape index (κ3) is 5.32. The summed E-state index contributed by atoms with van der Waals surface area (Å²) in [4.78, 5) is 11.8. The zero-order valence-corrected chi connectivity index (χ0v) is 13.4. The molecular weight excluding hydrogens is 324 g/mol. The van der Waals surface area contributed by atoms with Crippen molar-refractivity contribution in [2.75, 3.05) is 6.54 Å². The van der Waals surface area contributed by atoms with E-state index in [0.717, 1.165) is 11.1 Å². The van der Waals surface area contributed by atoms with Crippen molar-refractivity contribution in [1.29, 1.82) is 0 Å². The lowest BCUT2D eigenvalue weighted by atomic mass is 10.1. The Hall–Kier alpha value is -1.58. The van der Waals surface area contributed by atoms with Gasteiger partial charge in [0.1, 0.15) is 5.82 Å². The minimum Gasteiger partial charge on any atom is -0.356 e. The maximum Gasteiger partial charge on any atom is 0.220 e. The molecule has 0 heterocycles. The molecule has 0 spiro atoms. The number of carbonyl (C=O) groups is 1. The molecule has 0 atom stereocenters. The highest BCUT2D eigenvalue weighted by atomic mass is 35.5. The predicted molar refractivity (Wildman–Crippen MR) is 87.9 cm³/mol. The molecule has 0 aliphatic rings. The van der Waals surface area contributed by atoms with Gasteiger partial charge in [-0.05, 0) is 48.2 Å². The van der Waals surface area contributed by atoms with Gasteiger partial charge in [-0.3, -0.25) is 4.79 Å². The van der Waals surface area contributed by atoms with E-state index < -0.39 is 0 Å².